The van der Waals surface area contributed by atoms with E-state index in [0.717, 1.165) is 33.0 Å². The number of aromatic amines is 1. The Labute approximate surface area is 236 Å². The van der Waals surface area contributed by atoms with Crippen LogP contribution >= 0.6 is 11.6 Å². The van der Waals surface area contributed by atoms with E-state index in [-0.39, 0.29) is 5.69 Å². The number of para-hydroxylation sites is 1. The number of carboxylic acids is 1. The number of halogens is 1. The highest BCUT2D eigenvalue weighted by Crippen LogP contribution is 2.42. The predicted octanol–water partition coefficient (Wildman–Crippen LogP) is 6.17. The monoisotopic (exact) mass is 556 g/mol. The molecule has 4 N–H and O–H groups in total. The Kier molecular flexibility index (Phi) is 7.19. The molecule has 0 aliphatic carbocycles. The van der Waals surface area contributed by atoms with Crippen LogP contribution in [0.5, 0.6) is 5.75 Å². The van der Waals surface area contributed by atoms with E-state index in [2.05, 4.69) is 27.0 Å². The maximum Gasteiger partial charge on any atom is 0.352 e. The summed E-state index contributed by atoms with van der Waals surface area (Å²) in [7, 11) is 0. The number of nitrogens with two attached hydrogens (primary N) is 1. The van der Waals surface area contributed by atoms with Crippen molar-refractivity contribution in [3.8, 4) is 16.9 Å². The van der Waals surface area contributed by atoms with E-state index in [1.54, 1.807) is 6.20 Å². The van der Waals surface area contributed by atoms with Gasteiger partial charge in [0.15, 0.2) is 0 Å². The zero-order valence-corrected chi connectivity index (χ0v) is 22.6. The number of aromatic carboxylic acids is 1. The number of fused-ring (bicyclic) bond motifs is 2. The van der Waals surface area contributed by atoms with Gasteiger partial charge in [0.1, 0.15) is 17.3 Å². The van der Waals surface area contributed by atoms with Crippen molar-refractivity contribution in [1.29, 1.82) is 0 Å². The van der Waals surface area contributed by atoms with Gasteiger partial charge in [0.25, 0.3) is 0 Å². The lowest BCUT2D eigenvalue weighted by Gasteiger charge is -2.30. The number of nitrogens with zero attached hydrogens (tertiary/aromatic N) is 2. The van der Waals surface area contributed by atoms with Gasteiger partial charge in [-0.25, -0.2) is 9.78 Å². The van der Waals surface area contributed by atoms with Crippen LogP contribution in [-0.4, -0.2) is 54.0 Å². The van der Waals surface area contributed by atoms with E-state index in [4.69, 9.17) is 26.8 Å². The molecule has 204 valence electrons. The number of morpholine rings is 1. The standard InChI is InChI=1S/C31H29ClN4O4/c32-27-24(33)18-34-30(36-13-16-39-17-14-36)26(27)23-10-4-9-21-22(29(31(37)38)35-28(21)23)11-5-15-40-25-12-3-7-19-6-1-2-8-20(19)25/h1-4,6-10,12,18,35H,5,11,13-17,33H2,(H,37,38). The van der Waals surface area contributed by atoms with Crippen LogP contribution in [0.4, 0.5) is 11.5 Å². The molecule has 40 heavy (non-hydrogen) atoms. The molecule has 0 radical (unpaired) electrons. The first-order chi connectivity index (χ1) is 19.5. The van der Waals surface area contributed by atoms with E-state index >= 15 is 0 Å². The molecule has 5 aromatic rings. The molecule has 3 heterocycles. The Balaban J connectivity index is 1.33. The number of hydrogen-bond acceptors (Lipinski definition) is 6. The smallest absolute Gasteiger partial charge is 0.352 e. The van der Waals surface area contributed by atoms with Gasteiger partial charge in [0.05, 0.1) is 42.2 Å². The first-order valence-electron chi connectivity index (χ1n) is 13.3. The lowest BCUT2D eigenvalue weighted by molar-refractivity contribution is 0.0690. The molecule has 1 saturated heterocycles. The number of aryl methyl sites for hydroxylation is 1. The lowest BCUT2D eigenvalue weighted by Crippen LogP contribution is -2.37. The van der Waals surface area contributed by atoms with Gasteiger partial charge < -0.3 is 30.2 Å². The van der Waals surface area contributed by atoms with Crippen LogP contribution < -0.4 is 15.4 Å². The SMILES string of the molecule is Nc1cnc(N2CCOCC2)c(-c2cccc3c(CCCOc4cccc5ccccc45)c(C(=O)O)[nH]c23)c1Cl. The molecule has 3 aromatic carbocycles. The fourth-order valence-corrected chi connectivity index (χ4v) is 5.66. The van der Waals surface area contributed by atoms with E-state index in [9.17, 15) is 9.90 Å². The van der Waals surface area contributed by atoms with Crippen LogP contribution in [0.15, 0.2) is 66.9 Å². The second-order valence-corrected chi connectivity index (χ2v) is 10.1. The maximum absolute atomic E-state index is 12.3. The number of rotatable bonds is 8. The first-order valence-corrected chi connectivity index (χ1v) is 13.6. The Hall–Kier alpha value is -4.27. The van der Waals surface area contributed by atoms with Crippen LogP contribution in [0.1, 0.15) is 22.5 Å². The molecule has 1 aliphatic rings. The number of pyridine rings is 1. The molecule has 0 bridgehead atoms. The van der Waals surface area contributed by atoms with Gasteiger partial charge >= 0.3 is 5.97 Å². The van der Waals surface area contributed by atoms with E-state index in [0.29, 0.717) is 73.4 Å². The average Bonchev–Trinajstić information content (AvgIpc) is 3.36. The second-order valence-electron chi connectivity index (χ2n) is 9.77. The Bertz CT molecular complexity index is 1710. The van der Waals surface area contributed by atoms with Gasteiger partial charge in [0, 0.05) is 35.0 Å². The first kappa shape index (κ1) is 26.0. The summed E-state index contributed by atoms with van der Waals surface area (Å²) in [6.07, 6.45) is 2.73. The molecule has 0 saturated carbocycles. The highest BCUT2D eigenvalue weighted by atomic mass is 35.5. The van der Waals surface area contributed by atoms with E-state index < -0.39 is 5.97 Å². The van der Waals surface area contributed by atoms with Crippen molar-refractivity contribution in [2.24, 2.45) is 0 Å². The highest BCUT2D eigenvalue weighted by Gasteiger charge is 2.25. The topological polar surface area (TPSA) is 114 Å². The number of hydrogen-bond donors (Lipinski definition) is 3. The summed E-state index contributed by atoms with van der Waals surface area (Å²) >= 11 is 6.79. The summed E-state index contributed by atoms with van der Waals surface area (Å²) in [5.74, 6) is 0.501. The van der Waals surface area contributed by atoms with E-state index in [1.807, 2.05) is 48.5 Å². The number of nitrogen functional groups attached to an aromatic ring is 1. The van der Waals surface area contributed by atoms with Gasteiger partial charge in [-0.2, -0.15) is 0 Å². The molecule has 1 aliphatic heterocycles. The van der Waals surface area contributed by atoms with Gasteiger partial charge in [0.2, 0.25) is 0 Å². The average molecular weight is 557 g/mol. The van der Waals surface area contributed by atoms with Crippen LogP contribution in [-0.2, 0) is 11.2 Å². The molecular weight excluding hydrogens is 528 g/mol. The minimum absolute atomic E-state index is 0.161. The summed E-state index contributed by atoms with van der Waals surface area (Å²) in [6, 6.07) is 19.8. The fourth-order valence-electron chi connectivity index (χ4n) is 5.42. The molecule has 0 atom stereocenters. The van der Waals surface area contributed by atoms with Crippen molar-refractivity contribution < 1.29 is 19.4 Å². The van der Waals surface area contributed by atoms with Crippen LogP contribution in [0.3, 0.4) is 0 Å². The maximum atomic E-state index is 12.3. The van der Waals surface area contributed by atoms with Crippen LogP contribution in [0.2, 0.25) is 5.02 Å². The summed E-state index contributed by atoms with van der Waals surface area (Å²) in [4.78, 5) is 22.3. The molecule has 8 nitrogen and oxygen atoms in total. The minimum atomic E-state index is -1.02. The molecule has 1 fully saturated rings. The number of H-pyrrole nitrogens is 1. The third kappa shape index (κ3) is 4.80. The Morgan fingerprint density at radius 3 is 2.65 bits per heavy atom. The molecular formula is C31H29ClN4O4. The third-order valence-corrected chi connectivity index (χ3v) is 7.74. The number of nitrogens with one attached hydrogen (secondary N) is 1. The van der Waals surface area contributed by atoms with Gasteiger partial charge in [-0.15, -0.1) is 0 Å². The van der Waals surface area contributed by atoms with Crippen molar-refractivity contribution >= 4 is 50.8 Å². The quantitative estimate of drug-likeness (QED) is 0.196. The second kappa shape index (κ2) is 11.1. The zero-order valence-electron chi connectivity index (χ0n) is 21.8. The molecule has 9 heteroatoms. The molecule has 6 rings (SSSR count). The zero-order chi connectivity index (χ0) is 27.6. The van der Waals surface area contributed by atoms with Crippen molar-refractivity contribution in [2.75, 3.05) is 43.5 Å². The Morgan fingerprint density at radius 2 is 1.82 bits per heavy atom. The van der Waals surface area contributed by atoms with Crippen molar-refractivity contribution in [3.05, 3.63) is 83.1 Å². The number of ether oxygens (including phenoxy) is 2. The number of carbonyl (C=O) groups is 1. The third-order valence-electron chi connectivity index (χ3n) is 7.34. The molecule has 2 aromatic heterocycles. The van der Waals surface area contributed by atoms with Gasteiger partial charge in [-0.05, 0) is 29.9 Å². The highest BCUT2D eigenvalue weighted by molar-refractivity contribution is 6.37. The fraction of sp³-hybridized carbons (Fsp3) is 0.226. The Morgan fingerprint density at radius 1 is 1.07 bits per heavy atom. The number of benzene rings is 3. The van der Waals surface area contributed by atoms with Crippen molar-refractivity contribution in [2.45, 2.75) is 12.8 Å². The summed E-state index contributed by atoms with van der Waals surface area (Å²) in [6.45, 7) is 2.96. The molecule has 0 spiro atoms. The predicted molar refractivity (Wildman–Crippen MR) is 159 cm³/mol. The number of carboxylic acid groups (broad SMARTS) is 1. The summed E-state index contributed by atoms with van der Waals surface area (Å²) in [5.41, 5.74) is 9.56. The lowest BCUT2D eigenvalue weighted by atomic mass is 9.99. The van der Waals surface area contributed by atoms with Crippen molar-refractivity contribution in [3.63, 3.8) is 0 Å². The van der Waals surface area contributed by atoms with Gasteiger partial charge in [-0.3, -0.25) is 0 Å². The summed E-state index contributed by atoms with van der Waals surface area (Å²) in [5, 5.41) is 13.5. The largest absolute Gasteiger partial charge is 0.493 e. The van der Waals surface area contributed by atoms with Crippen molar-refractivity contribution in [1.82, 2.24) is 9.97 Å². The number of anilines is 2. The normalized spacial score (nSPS) is 13.7. The molecule has 0 unspecified atom stereocenters. The summed E-state index contributed by atoms with van der Waals surface area (Å²) < 4.78 is 11.6. The van der Waals surface area contributed by atoms with Gasteiger partial charge in [-0.1, -0.05) is 66.2 Å². The number of aromatic nitrogens is 2. The van der Waals surface area contributed by atoms with Crippen LogP contribution in [0.25, 0.3) is 32.8 Å². The van der Waals surface area contributed by atoms with Crippen LogP contribution in [0, 0.1) is 0 Å². The minimum Gasteiger partial charge on any atom is -0.493 e. The van der Waals surface area contributed by atoms with E-state index in [1.165, 1.54) is 0 Å². The molecule has 0 amide bonds.